The van der Waals surface area contributed by atoms with Crippen LogP contribution >= 0.6 is 0 Å². The second kappa shape index (κ2) is 6.09. The van der Waals surface area contributed by atoms with E-state index < -0.39 is 0 Å². The maximum Gasteiger partial charge on any atom is 0.168 e. The van der Waals surface area contributed by atoms with Gasteiger partial charge in [-0.15, -0.1) is 0 Å². The second-order valence-electron chi connectivity index (χ2n) is 3.37. The normalized spacial score (nSPS) is 11.5. The van der Waals surface area contributed by atoms with Crippen molar-refractivity contribution in [3.63, 3.8) is 0 Å². The van der Waals surface area contributed by atoms with E-state index in [1.54, 1.807) is 0 Å². The van der Waals surface area contributed by atoms with E-state index in [2.05, 4.69) is 4.99 Å². The van der Waals surface area contributed by atoms with E-state index in [4.69, 9.17) is 5.73 Å². The van der Waals surface area contributed by atoms with Crippen LogP contribution in [0.25, 0.3) is 0 Å². The number of Topliss-reactive ketones (excluding diaryl/α,β-unsaturated/α-hetero) is 1. The summed E-state index contributed by atoms with van der Waals surface area (Å²) in [6.07, 6.45) is 0.379. The fourth-order valence-corrected chi connectivity index (χ4v) is 1.27. The molecular formula is C12H16N2O. The van der Waals surface area contributed by atoms with Crippen LogP contribution in [0, 0.1) is 0 Å². The van der Waals surface area contributed by atoms with Gasteiger partial charge in [-0.25, -0.2) is 0 Å². The minimum atomic E-state index is 0.105. The lowest BCUT2D eigenvalue weighted by Gasteiger charge is -2.00. The SMILES string of the molecule is CC(CC(=O)c1ccccc1)=NCCN. The fourth-order valence-electron chi connectivity index (χ4n) is 1.27. The number of rotatable bonds is 5. The number of nitrogens with two attached hydrogens (primary N) is 1. The topological polar surface area (TPSA) is 55.5 Å². The zero-order chi connectivity index (χ0) is 11.1. The molecule has 0 spiro atoms. The molecule has 0 bridgehead atoms. The minimum absolute atomic E-state index is 0.105. The number of carbonyl (C=O) groups is 1. The molecule has 80 valence electrons. The van der Waals surface area contributed by atoms with E-state index in [0.29, 0.717) is 19.5 Å². The number of benzene rings is 1. The number of hydrogen-bond acceptors (Lipinski definition) is 3. The molecule has 0 heterocycles. The van der Waals surface area contributed by atoms with Gasteiger partial charge in [-0.2, -0.15) is 0 Å². The molecule has 0 aliphatic rings. The highest BCUT2D eigenvalue weighted by molar-refractivity contribution is 6.08. The highest BCUT2D eigenvalue weighted by Gasteiger charge is 2.05. The first kappa shape index (κ1) is 11.6. The lowest BCUT2D eigenvalue weighted by atomic mass is 10.1. The molecule has 0 aliphatic heterocycles. The number of ketones is 1. The van der Waals surface area contributed by atoms with Crippen molar-refractivity contribution < 1.29 is 4.79 Å². The summed E-state index contributed by atoms with van der Waals surface area (Å²) in [7, 11) is 0. The van der Waals surface area contributed by atoms with Crippen LogP contribution in [0.4, 0.5) is 0 Å². The molecule has 0 fully saturated rings. The Hall–Kier alpha value is -1.48. The molecular weight excluding hydrogens is 188 g/mol. The van der Waals surface area contributed by atoms with Gasteiger partial charge in [-0.05, 0) is 6.92 Å². The molecule has 1 aromatic rings. The van der Waals surface area contributed by atoms with Crippen molar-refractivity contribution in [2.75, 3.05) is 13.1 Å². The molecule has 0 saturated carbocycles. The number of hydrogen-bond donors (Lipinski definition) is 1. The van der Waals surface area contributed by atoms with Crippen molar-refractivity contribution in [3.8, 4) is 0 Å². The first-order valence-corrected chi connectivity index (χ1v) is 5.02. The maximum absolute atomic E-state index is 11.7. The standard InChI is InChI=1S/C12H16N2O/c1-10(14-8-7-13)9-12(15)11-5-3-2-4-6-11/h2-6H,7-9,13H2,1H3. The number of carbonyl (C=O) groups excluding carboxylic acids is 1. The number of nitrogens with zero attached hydrogens (tertiary/aromatic N) is 1. The Morgan fingerprint density at radius 2 is 2.00 bits per heavy atom. The highest BCUT2D eigenvalue weighted by Crippen LogP contribution is 2.03. The summed E-state index contributed by atoms with van der Waals surface area (Å²) in [6.45, 7) is 2.97. The highest BCUT2D eigenvalue weighted by atomic mass is 16.1. The van der Waals surface area contributed by atoms with Crippen LogP contribution in [0.1, 0.15) is 23.7 Å². The molecule has 0 radical (unpaired) electrons. The van der Waals surface area contributed by atoms with E-state index in [1.165, 1.54) is 0 Å². The lowest BCUT2D eigenvalue weighted by Crippen LogP contribution is -2.08. The van der Waals surface area contributed by atoms with Crippen LogP contribution < -0.4 is 5.73 Å². The van der Waals surface area contributed by atoms with E-state index in [1.807, 2.05) is 37.3 Å². The predicted molar refractivity (Wildman–Crippen MR) is 62.4 cm³/mol. The van der Waals surface area contributed by atoms with Gasteiger partial charge < -0.3 is 5.73 Å². The van der Waals surface area contributed by atoms with Crippen LogP contribution in [0.5, 0.6) is 0 Å². The maximum atomic E-state index is 11.7. The van der Waals surface area contributed by atoms with Crippen molar-refractivity contribution in [3.05, 3.63) is 35.9 Å². The summed E-state index contributed by atoms with van der Waals surface area (Å²) in [5.74, 6) is 0.105. The van der Waals surface area contributed by atoms with Crippen LogP contribution in [-0.4, -0.2) is 24.6 Å². The molecule has 0 aromatic heterocycles. The monoisotopic (exact) mass is 204 g/mol. The Morgan fingerprint density at radius 1 is 1.33 bits per heavy atom. The van der Waals surface area contributed by atoms with E-state index in [9.17, 15) is 4.79 Å². The third kappa shape index (κ3) is 4.04. The summed E-state index contributed by atoms with van der Waals surface area (Å²) in [4.78, 5) is 15.9. The van der Waals surface area contributed by atoms with Gasteiger partial charge in [0, 0.05) is 24.2 Å². The number of aliphatic imine (C=N–C) groups is 1. The predicted octanol–water partition coefficient (Wildman–Crippen LogP) is 1.68. The molecule has 3 nitrogen and oxygen atoms in total. The summed E-state index contributed by atoms with van der Waals surface area (Å²) >= 11 is 0. The second-order valence-corrected chi connectivity index (χ2v) is 3.37. The van der Waals surface area contributed by atoms with E-state index in [-0.39, 0.29) is 5.78 Å². The first-order valence-electron chi connectivity index (χ1n) is 5.02. The Bertz CT molecular complexity index is 344. The quantitative estimate of drug-likeness (QED) is 0.586. The smallest absolute Gasteiger partial charge is 0.168 e. The molecule has 1 aromatic carbocycles. The summed E-state index contributed by atoms with van der Waals surface area (Å²) in [5.41, 5.74) is 6.90. The average molecular weight is 204 g/mol. The zero-order valence-electron chi connectivity index (χ0n) is 8.94. The van der Waals surface area contributed by atoms with Gasteiger partial charge in [0.25, 0.3) is 0 Å². The largest absolute Gasteiger partial charge is 0.329 e. The molecule has 2 N–H and O–H groups in total. The van der Waals surface area contributed by atoms with Gasteiger partial charge in [0.05, 0.1) is 6.54 Å². The van der Waals surface area contributed by atoms with Crippen molar-refractivity contribution in [2.45, 2.75) is 13.3 Å². The van der Waals surface area contributed by atoms with Crippen molar-refractivity contribution in [1.29, 1.82) is 0 Å². The van der Waals surface area contributed by atoms with E-state index in [0.717, 1.165) is 11.3 Å². The molecule has 0 atom stereocenters. The zero-order valence-corrected chi connectivity index (χ0v) is 8.94. The lowest BCUT2D eigenvalue weighted by molar-refractivity contribution is 0.100. The van der Waals surface area contributed by atoms with Crippen LogP contribution in [0.2, 0.25) is 0 Å². The average Bonchev–Trinajstić information content (AvgIpc) is 2.27. The Morgan fingerprint density at radius 3 is 2.60 bits per heavy atom. The van der Waals surface area contributed by atoms with E-state index >= 15 is 0 Å². The summed E-state index contributed by atoms with van der Waals surface area (Å²) in [5, 5.41) is 0. The first-order chi connectivity index (χ1) is 7.24. The van der Waals surface area contributed by atoms with Gasteiger partial charge in [0.2, 0.25) is 0 Å². The van der Waals surface area contributed by atoms with Crippen molar-refractivity contribution in [2.24, 2.45) is 10.7 Å². The van der Waals surface area contributed by atoms with Gasteiger partial charge in [-0.3, -0.25) is 9.79 Å². The van der Waals surface area contributed by atoms with Crippen LogP contribution in [-0.2, 0) is 0 Å². The van der Waals surface area contributed by atoms with Crippen molar-refractivity contribution >= 4 is 11.5 Å². The third-order valence-electron chi connectivity index (χ3n) is 2.02. The molecule has 1 rings (SSSR count). The molecule has 0 amide bonds. The summed E-state index contributed by atoms with van der Waals surface area (Å²) < 4.78 is 0. The van der Waals surface area contributed by atoms with Gasteiger partial charge in [-0.1, -0.05) is 30.3 Å². The van der Waals surface area contributed by atoms with Crippen LogP contribution in [0.15, 0.2) is 35.3 Å². The van der Waals surface area contributed by atoms with Gasteiger partial charge in [0.1, 0.15) is 0 Å². The fraction of sp³-hybridized carbons (Fsp3) is 0.333. The Labute approximate surface area is 90.0 Å². The molecule has 3 heteroatoms. The Balaban J connectivity index is 2.57. The Kier molecular flexibility index (Phi) is 4.71. The molecule has 0 saturated heterocycles. The van der Waals surface area contributed by atoms with Gasteiger partial charge in [0.15, 0.2) is 5.78 Å². The van der Waals surface area contributed by atoms with Crippen LogP contribution in [0.3, 0.4) is 0 Å². The summed E-state index contributed by atoms with van der Waals surface area (Å²) in [6, 6.07) is 9.25. The third-order valence-corrected chi connectivity index (χ3v) is 2.02. The van der Waals surface area contributed by atoms with Gasteiger partial charge >= 0.3 is 0 Å². The molecule has 0 unspecified atom stereocenters. The van der Waals surface area contributed by atoms with Crippen molar-refractivity contribution in [1.82, 2.24) is 0 Å². The molecule has 0 aliphatic carbocycles. The minimum Gasteiger partial charge on any atom is -0.329 e. The molecule has 15 heavy (non-hydrogen) atoms.